The van der Waals surface area contributed by atoms with E-state index in [-0.39, 0.29) is 21.7 Å². The molecule has 30 rings (SSSR count). The molecule has 0 fully saturated rings. The zero-order valence-electron chi connectivity index (χ0n) is 78.7. The Morgan fingerprint density at radius 2 is 0.576 bits per heavy atom. The molecule has 0 unspecified atom stereocenters. The number of thiophene rings is 1. The van der Waals surface area contributed by atoms with Crippen molar-refractivity contribution in [3.8, 4) is 89.8 Å². The summed E-state index contributed by atoms with van der Waals surface area (Å²) in [6.45, 7) is 20.9. The summed E-state index contributed by atoms with van der Waals surface area (Å²) < 4.78 is 18.8. The summed E-state index contributed by atoms with van der Waals surface area (Å²) in [4.78, 5) is 12.6. The fraction of sp³-hybridized carbons (Fsp3) is 0.100. The number of nitrogens with zero attached hydrogens (tertiary/aromatic N) is 7. The van der Waals surface area contributed by atoms with Crippen LogP contribution in [0.5, 0.6) is 0 Å². The number of rotatable bonds is 6. The molecular weight excluding hydrogens is 1710 g/mol. The standard InChI is InChI=1S/C36H29N.C34H22N4O.C33H23NS.C27H21N/c1-35(2)29-14-8-5-11-23(29)26-19-22(17-18-31(26)35)37-33-16-10-7-13-25(33)28-20-27-24-12-6-9-15-30(24)36(3,4)32(27)21-34(28)37;1-21-13-23(15-24(14-21)34-36-19-35-20-37-34)22-11-12-32-28(16-22)29-17-27-26-9-5-6-10-30(26)38(25-7-3-2-4-8-25)31(27)18-33(29)39-32;1-33(2)27-12-6-3-9-21(27)24-18-25-22-10-4-7-13-29(22)34(30(25)19-28(24)33)20-15-16-32-26(17-20)23-11-5-8-14-31(23)35-32;1-27(2)23-14-8-6-12-19(23)21-16-22-20-13-7-9-15-25(20)28(26(22)17-24(21)27)18-10-4-3-5-11-18/h5-21H,1-4H3;2-20H,1H3;3-19H,1-2H3;3-17H,1-2H3. The van der Waals surface area contributed by atoms with Crippen LogP contribution in [0, 0.1) is 6.92 Å². The van der Waals surface area contributed by atoms with Crippen molar-refractivity contribution in [3.63, 3.8) is 0 Å². The van der Waals surface area contributed by atoms with Crippen LogP contribution >= 0.6 is 11.3 Å². The minimum Gasteiger partial charge on any atom is -0.456 e. The van der Waals surface area contributed by atoms with Crippen LogP contribution in [0.15, 0.2) is 417 Å². The quantitative estimate of drug-likeness (QED) is 0.166. The third-order valence-electron chi connectivity index (χ3n) is 31.0. The topological polar surface area (TPSA) is 71.5 Å². The molecule has 0 saturated heterocycles. The van der Waals surface area contributed by atoms with Gasteiger partial charge in [-0.15, -0.1) is 11.3 Å². The van der Waals surface area contributed by atoms with Crippen molar-refractivity contribution in [2.75, 3.05) is 0 Å². The van der Waals surface area contributed by atoms with Gasteiger partial charge in [0.05, 0.1) is 44.1 Å². The summed E-state index contributed by atoms with van der Waals surface area (Å²) in [5.41, 5.74) is 43.2. The Morgan fingerprint density at radius 3 is 1.06 bits per heavy atom. The van der Waals surface area contributed by atoms with Gasteiger partial charge in [0.2, 0.25) is 0 Å². The van der Waals surface area contributed by atoms with Gasteiger partial charge in [-0.2, -0.15) is 0 Å². The van der Waals surface area contributed by atoms with E-state index in [1.807, 2.05) is 17.4 Å². The van der Waals surface area contributed by atoms with Crippen LogP contribution in [-0.2, 0) is 21.7 Å². The number of hydrogen-bond donors (Lipinski definition) is 0. The summed E-state index contributed by atoms with van der Waals surface area (Å²) in [6, 6.07) is 147. The second-order valence-corrected chi connectivity index (χ2v) is 41.3. The van der Waals surface area contributed by atoms with Gasteiger partial charge in [-0.1, -0.05) is 298 Å². The van der Waals surface area contributed by atoms with E-state index in [1.54, 1.807) is 0 Å². The molecule has 7 aromatic heterocycles. The summed E-state index contributed by atoms with van der Waals surface area (Å²) in [5.74, 6) is 0.669. The van der Waals surface area contributed by atoms with Crippen LogP contribution in [0.2, 0.25) is 0 Å². The minimum atomic E-state index is -0.0255. The number of aromatic nitrogens is 7. The van der Waals surface area contributed by atoms with Crippen molar-refractivity contribution < 1.29 is 4.42 Å². The maximum absolute atomic E-state index is 6.41. The lowest BCUT2D eigenvalue weighted by Crippen LogP contribution is -2.15. The Morgan fingerprint density at radius 1 is 0.216 bits per heavy atom. The summed E-state index contributed by atoms with van der Waals surface area (Å²) in [7, 11) is 0. The Bertz CT molecular complexity index is 9670. The number of furan rings is 1. The molecule has 0 amide bonds. The molecule has 0 bridgehead atoms. The molecular formula is C130H95N7OS. The molecule has 4 aliphatic rings. The monoisotopic (exact) mass is 1800 g/mol. The largest absolute Gasteiger partial charge is 0.456 e. The van der Waals surface area contributed by atoms with E-state index in [9.17, 15) is 0 Å². The van der Waals surface area contributed by atoms with Crippen LogP contribution in [0.4, 0.5) is 0 Å². The van der Waals surface area contributed by atoms with Crippen LogP contribution in [0.3, 0.4) is 0 Å². The van der Waals surface area contributed by atoms with Gasteiger partial charge in [-0.3, -0.25) is 0 Å². The molecule has 4 aliphatic carbocycles. The zero-order chi connectivity index (χ0) is 93.2. The highest BCUT2D eigenvalue weighted by Crippen LogP contribution is 2.57. The van der Waals surface area contributed by atoms with Crippen LogP contribution < -0.4 is 0 Å². The second kappa shape index (κ2) is 30.7. The molecule has 0 N–H and O–H groups in total. The highest BCUT2D eigenvalue weighted by atomic mass is 32.1. The van der Waals surface area contributed by atoms with Gasteiger partial charge in [0.15, 0.2) is 5.82 Å². The third kappa shape index (κ3) is 12.4. The van der Waals surface area contributed by atoms with E-state index in [0.717, 1.165) is 55.4 Å². The second-order valence-electron chi connectivity index (χ2n) is 40.2. The summed E-state index contributed by atoms with van der Waals surface area (Å²) >= 11 is 1.87. The fourth-order valence-electron chi connectivity index (χ4n) is 24.3. The van der Waals surface area contributed by atoms with Crippen LogP contribution in [0.1, 0.15) is 105 Å². The molecule has 0 aliphatic heterocycles. The lowest BCUT2D eigenvalue weighted by molar-refractivity contribution is 0.660. The average Bonchev–Trinajstić information content (AvgIpc) is 1.55. The molecule has 8 nitrogen and oxygen atoms in total. The van der Waals surface area contributed by atoms with E-state index >= 15 is 0 Å². The molecule has 19 aromatic carbocycles. The Hall–Kier alpha value is -16.6. The molecule has 9 heteroatoms. The van der Waals surface area contributed by atoms with Crippen molar-refractivity contribution in [1.82, 2.24) is 33.2 Å². The lowest BCUT2D eigenvalue weighted by atomic mass is 9.82. The zero-order valence-corrected chi connectivity index (χ0v) is 79.5. The number of fused-ring (bicyclic) bond motifs is 30. The fourth-order valence-corrected chi connectivity index (χ4v) is 25.4. The molecule has 0 atom stereocenters. The van der Waals surface area contributed by atoms with E-state index in [1.165, 1.54) is 221 Å². The van der Waals surface area contributed by atoms with Gasteiger partial charge >= 0.3 is 0 Å². The highest BCUT2D eigenvalue weighted by molar-refractivity contribution is 7.25. The molecule has 0 saturated carbocycles. The predicted molar refractivity (Wildman–Crippen MR) is 583 cm³/mol. The Labute approximate surface area is 809 Å². The van der Waals surface area contributed by atoms with Gasteiger partial charge in [0.25, 0.3) is 0 Å². The van der Waals surface area contributed by atoms with E-state index in [2.05, 4.69) is 490 Å². The molecule has 7 heterocycles. The molecule has 139 heavy (non-hydrogen) atoms. The minimum absolute atomic E-state index is 0.0120. The smallest absolute Gasteiger partial charge is 0.162 e. The number of aryl methyl sites for hydroxylation is 1. The third-order valence-corrected chi connectivity index (χ3v) is 32.2. The Kier molecular flexibility index (Phi) is 18.1. The van der Waals surface area contributed by atoms with Crippen molar-refractivity contribution in [1.29, 1.82) is 0 Å². The number of para-hydroxylation sites is 6. The lowest BCUT2D eigenvalue weighted by Gasteiger charge is -2.22. The maximum atomic E-state index is 6.41. The van der Waals surface area contributed by atoms with Crippen molar-refractivity contribution >= 4 is 141 Å². The molecule has 0 radical (unpaired) electrons. The van der Waals surface area contributed by atoms with E-state index < -0.39 is 0 Å². The first-order valence-corrected chi connectivity index (χ1v) is 49.1. The van der Waals surface area contributed by atoms with Crippen molar-refractivity contribution in [2.45, 2.75) is 84.0 Å². The van der Waals surface area contributed by atoms with Gasteiger partial charge in [0, 0.05) is 130 Å². The predicted octanol–water partition coefficient (Wildman–Crippen LogP) is 34.5. The van der Waals surface area contributed by atoms with Crippen LogP contribution in [0.25, 0.3) is 219 Å². The van der Waals surface area contributed by atoms with Gasteiger partial charge in [-0.25, -0.2) is 15.0 Å². The van der Waals surface area contributed by atoms with E-state index in [4.69, 9.17) is 4.42 Å². The Balaban J connectivity index is 0.0000000938. The molecule has 0 spiro atoms. The molecule has 662 valence electrons. The van der Waals surface area contributed by atoms with Crippen LogP contribution in [-0.4, -0.2) is 33.2 Å². The van der Waals surface area contributed by atoms with Crippen molar-refractivity contribution in [3.05, 3.63) is 463 Å². The van der Waals surface area contributed by atoms with Gasteiger partial charge in [0.1, 0.15) is 23.8 Å². The first kappa shape index (κ1) is 81.9. The maximum Gasteiger partial charge on any atom is 0.162 e. The first-order chi connectivity index (χ1) is 67.9. The SMILES string of the molecule is CC1(C)c2ccccc2-c2cc(-n3c4ccccc4c4cc5c(cc43)C(C)(C)c3ccccc3-5)ccc21.CC1(C)c2ccccc2-c2cc3c4ccccc4n(-c4ccc5sc6ccccc6c5c4)c3cc21.CC1(C)c2ccccc2-c2cc3c4ccccc4n(-c4ccccc4)c3cc21.Cc1cc(-c2ccc3oc4cc5c(cc4c3c2)c2ccccc2n5-c2ccccc2)cc(-c2ncncn2)c1. The number of benzene rings is 19. The normalized spacial score (nSPS) is 14.0. The average molecular weight is 1800 g/mol. The summed E-state index contributed by atoms with van der Waals surface area (Å²) in [6.07, 6.45) is 3.06. The summed E-state index contributed by atoms with van der Waals surface area (Å²) in [5, 5.41) is 15.2. The first-order valence-electron chi connectivity index (χ1n) is 48.3. The van der Waals surface area contributed by atoms with Gasteiger partial charge < -0.3 is 22.7 Å². The number of hydrogen-bond acceptors (Lipinski definition) is 5. The molecule has 26 aromatic rings. The van der Waals surface area contributed by atoms with Gasteiger partial charge in [-0.05, 0) is 264 Å². The van der Waals surface area contributed by atoms with E-state index in [0.29, 0.717) is 5.82 Å². The van der Waals surface area contributed by atoms with Crippen molar-refractivity contribution in [2.24, 2.45) is 0 Å². The highest BCUT2D eigenvalue weighted by Gasteiger charge is 2.41.